The van der Waals surface area contributed by atoms with Gasteiger partial charge in [-0.3, -0.25) is 9.67 Å². The van der Waals surface area contributed by atoms with Gasteiger partial charge in [-0.15, -0.1) is 5.10 Å². The highest BCUT2D eigenvalue weighted by molar-refractivity contribution is 5.43. The second-order valence-electron chi connectivity index (χ2n) is 3.75. The van der Waals surface area contributed by atoms with E-state index < -0.39 is 0 Å². The van der Waals surface area contributed by atoms with Gasteiger partial charge in [0.25, 0.3) is 0 Å². The smallest absolute Gasteiger partial charge is 0.199 e. The summed E-state index contributed by atoms with van der Waals surface area (Å²) in [5.74, 6) is 1.54. The lowest BCUT2D eigenvalue weighted by Crippen LogP contribution is -2.10. The molecule has 18 heavy (non-hydrogen) atoms. The lowest BCUT2D eigenvalue weighted by atomic mass is 10.4. The summed E-state index contributed by atoms with van der Waals surface area (Å²) in [4.78, 5) is 8.20. The Morgan fingerprint density at radius 3 is 3.11 bits per heavy atom. The molecular weight excluding hydrogens is 234 g/mol. The van der Waals surface area contributed by atoms with Gasteiger partial charge in [0.1, 0.15) is 12.1 Å². The summed E-state index contributed by atoms with van der Waals surface area (Å²) >= 11 is 0. The molecule has 0 saturated carbocycles. The molecule has 0 radical (unpaired) electrons. The van der Waals surface area contributed by atoms with Gasteiger partial charge in [-0.25, -0.2) is 4.98 Å². The Balaban J connectivity index is 1.68. The van der Waals surface area contributed by atoms with Gasteiger partial charge in [-0.05, 0) is 10.4 Å². The molecule has 0 spiro atoms. The van der Waals surface area contributed by atoms with Crippen molar-refractivity contribution in [3.8, 4) is 0 Å². The lowest BCUT2D eigenvalue weighted by molar-refractivity contribution is 0.740. The van der Waals surface area contributed by atoms with Crippen LogP contribution in [0.2, 0.25) is 0 Å². The molecule has 0 unspecified atom stereocenters. The number of aryl methyl sites for hydroxylation is 1. The Hall–Kier alpha value is -2.58. The van der Waals surface area contributed by atoms with Crippen molar-refractivity contribution in [1.82, 2.24) is 39.8 Å². The minimum Gasteiger partial charge on any atom is -0.368 e. The van der Waals surface area contributed by atoms with Crippen molar-refractivity contribution in [1.29, 1.82) is 0 Å². The van der Waals surface area contributed by atoms with Crippen LogP contribution in [0.25, 0.3) is 5.65 Å². The van der Waals surface area contributed by atoms with E-state index >= 15 is 0 Å². The molecule has 0 aromatic carbocycles. The maximum Gasteiger partial charge on any atom is 0.199 e. The third-order valence-electron chi connectivity index (χ3n) is 2.41. The fourth-order valence-corrected chi connectivity index (χ4v) is 1.60. The van der Waals surface area contributed by atoms with E-state index in [2.05, 4.69) is 35.9 Å². The molecule has 3 rings (SSSR count). The van der Waals surface area contributed by atoms with Crippen molar-refractivity contribution in [2.75, 3.05) is 11.9 Å². The molecule has 0 amide bonds. The molecule has 9 nitrogen and oxygen atoms in total. The van der Waals surface area contributed by atoms with E-state index in [4.69, 9.17) is 0 Å². The monoisotopic (exact) mass is 245 g/mol. The van der Waals surface area contributed by atoms with Gasteiger partial charge in [0.05, 0.1) is 12.4 Å². The van der Waals surface area contributed by atoms with E-state index in [0.29, 0.717) is 12.2 Å². The first-order valence-corrected chi connectivity index (χ1v) is 5.43. The maximum absolute atomic E-state index is 4.20. The van der Waals surface area contributed by atoms with Gasteiger partial charge in [-0.1, -0.05) is 0 Å². The van der Waals surface area contributed by atoms with Gasteiger partial charge in [-0.2, -0.15) is 9.61 Å². The molecule has 9 heteroatoms. The van der Waals surface area contributed by atoms with Gasteiger partial charge >= 0.3 is 0 Å². The molecule has 3 aromatic rings. The average molecular weight is 245 g/mol. The molecule has 1 N–H and O–H groups in total. The number of hydrogen-bond acceptors (Lipinski definition) is 7. The fraction of sp³-hybridized carbons (Fsp3) is 0.333. The van der Waals surface area contributed by atoms with E-state index in [1.54, 1.807) is 27.9 Å². The van der Waals surface area contributed by atoms with Crippen LogP contribution in [-0.2, 0) is 13.5 Å². The SMILES string of the molecule is Cn1cnc(CCNc2cncc3nnnn23)n1. The number of anilines is 1. The number of hydrogen-bond donors (Lipinski definition) is 1. The van der Waals surface area contributed by atoms with Crippen molar-refractivity contribution in [3.63, 3.8) is 0 Å². The van der Waals surface area contributed by atoms with E-state index in [1.807, 2.05) is 7.05 Å². The molecular formula is C9H11N9. The van der Waals surface area contributed by atoms with Crippen LogP contribution in [0.4, 0.5) is 5.82 Å². The van der Waals surface area contributed by atoms with Crippen molar-refractivity contribution >= 4 is 11.5 Å². The van der Waals surface area contributed by atoms with Crippen LogP contribution in [-0.4, -0.2) is 46.3 Å². The van der Waals surface area contributed by atoms with Crippen LogP contribution in [0.3, 0.4) is 0 Å². The zero-order valence-corrected chi connectivity index (χ0v) is 9.72. The van der Waals surface area contributed by atoms with Crippen LogP contribution < -0.4 is 5.32 Å². The molecule has 3 aromatic heterocycles. The quantitative estimate of drug-likeness (QED) is 0.649. The van der Waals surface area contributed by atoms with E-state index in [9.17, 15) is 0 Å². The molecule has 0 fully saturated rings. The first-order chi connectivity index (χ1) is 8.83. The molecule has 0 atom stereocenters. The van der Waals surface area contributed by atoms with Crippen LogP contribution in [0.1, 0.15) is 5.82 Å². The summed E-state index contributed by atoms with van der Waals surface area (Å²) in [7, 11) is 1.84. The zero-order valence-electron chi connectivity index (χ0n) is 9.72. The number of nitrogens with zero attached hydrogens (tertiary/aromatic N) is 8. The van der Waals surface area contributed by atoms with Crippen LogP contribution >= 0.6 is 0 Å². The van der Waals surface area contributed by atoms with Crippen molar-refractivity contribution in [3.05, 3.63) is 24.5 Å². The van der Waals surface area contributed by atoms with Crippen molar-refractivity contribution in [2.24, 2.45) is 7.05 Å². The van der Waals surface area contributed by atoms with E-state index in [-0.39, 0.29) is 0 Å². The zero-order chi connectivity index (χ0) is 12.4. The predicted molar refractivity (Wildman–Crippen MR) is 61.8 cm³/mol. The molecule has 92 valence electrons. The lowest BCUT2D eigenvalue weighted by Gasteiger charge is -2.04. The number of fused-ring (bicyclic) bond motifs is 1. The van der Waals surface area contributed by atoms with Crippen LogP contribution in [0.15, 0.2) is 18.7 Å². The third kappa shape index (κ3) is 1.97. The van der Waals surface area contributed by atoms with Crippen LogP contribution in [0, 0.1) is 0 Å². The number of tetrazole rings is 1. The summed E-state index contributed by atoms with van der Waals surface area (Å²) in [6, 6.07) is 0. The second kappa shape index (κ2) is 4.35. The van der Waals surface area contributed by atoms with Gasteiger partial charge < -0.3 is 5.32 Å². The molecule has 3 heterocycles. The topological polar surface area (TPSA) is 98.7 Å². The second-order valence-corrected chi connectivity index (χ2v) is 3.75. The molecule has 0 bridgehead atoms. The Bertz CT molecular complexity index is 655. The minimum absolute atomic E-state index is 0.607. The number of rotatable bonds is 4. The Morgan fingerprint density at radius 1 is 1.33 bits per heavy atom. The summed E-state index contributed by atoms with van der Waals surface area (Å²) in [5.41, 5.74) is 0.607. The highest BCUT2D eigenvalue weighted by Gasteiger charge is 2.04. The predicted octanol–water partition coefficient (Wildman–Crippen LogP) is -0.698. The summed E-state index contributed by atoms with van der Waals surface area (Å²) in [6.45, 7) is 0.685. The third-order valence-corrected chi connectivity index (χ3v) is 2.41. The highest BCUT2D eigenvalue weighted by atomic mass is 15.5. The summed E-state index contributed by atoms with van der Waals surface area (Å²) in [5, 5.41) is 18.7. The first-order valence-electron chi connectivity index (χ1n) is 5.43. The molecule has 0 saturated heterocycles. The van der Waals surface area contributed by atoms with Crippen molar-refractivity contribution in [2.45, 2.75) is 6.42 Å². The maximum atomic E-state index is 4.20. The van der Waals surface area contributed by atoms with Gasteiger partial charge in [0.2, 0.25) is 0 Å². The van der Waals surface area contributed by atoms with Gasteiger partial charge in [0, 0.05) is 20.0 Å². The highest BCUT2D eigenvalue weighted by Crippen LogP contribution is 2.05. The minimum atomic E-state index is 0.607. The molecule has 0 aliphatic rings. The normalized spacial score (nSPS) is 10.9. The molecule has 0 aliphatic heterocycles. The van der Waals surface area contributed by atoms with Crippen molar-refractivity contribution < 1.29 is 0 Å². The summed E-state index contributed by atoms with van der Waals surface area (Å²) in [6.07, 6.45) is 5.68. The molecule has 0 aliphatic carbocycles. The Kier molecular flexibility index (Phi) is 2.56. The standard InChI is InChI=1S/C9H11N9/c1-17-6-12-7(14-17)2-3-11-8-4-10-5-9-13-15-16-18(8)9/h4-6,11H,2-3H2,1H3. The first kappa shape index (κ1) is 10.6. The number of aromatic nitrogens is 8. The average Bonchev–Trinajstić information content (AvgIpc) is 2.98. The van der Waals surface area contributed by atoms with E-state index in [0.717, 1.165) is 18.1 Å². The summed E-state index contributed by atoms with van der Waals surface area (Å²) < 4.78 is 3.28. The van der Waals surface area contributed by atoms with Gasteiger partial charge in [0.15, 0.2) is 11.5 Å². The number of nitrogens with one attached hydrogen (secondary N) is 1. The van der Waals surface area contributed by atoms with E-state index in [1.165, 1.54) is 0 Å². The fourth-order valence-electron chi connectivity index (χ4n) is 1.60. The Morgan fingerprint density at radius 2 is 2.28 bits per heavy atom. The largest absolute Gasteiger partial charge is 0.368 e. The van der Waals surface area contributed by atoms with Crippen LogP contribution in [0.5, 0.6) is 0 Å². The Labute approximate surface area is 102 Å².